The van der Waals surface area contributed by atoms with Crippen molar-refractivity contribution in [3.05, 3.63) is 42.3 Å². The van der Waals surface area contributed by atoms with Gasteiger partial charge in [-0.25, -0.2) is 19.1 Å². The summed E-state index contributed by atoms with van der Waals surface area (Å²) in [7, 11) is 1.69. The summed E-state index contributed by atoms with van der Waals surface area (Å²) in [6.45, 7) is 3.60. The quantitative estimate of drug-likeness (QED) is 0.417. The number of methoxy groups -OCH3 is 1. The number of imidazole rings is 1. The van der Waals surface area contributed by atoms with Crippen LogP contribution in [0.3, 0.4) is 0 Å². The molecule has 3 N–H and O–H groups in total. The van der Waals surface area contributed by atoms with Gasteiger partial charge in [-0.1, -0.05) is 25.8 Å². The second-order valence-electron chi connectivity index (χ2n) is 5.65. The standard InChI is InChI=1S/C15H22N4O.C4H4O4/c1-3-4-5-6-7-13-12-17-15-9-8-14(18-19(13)15)16-10-11-20-2;5-3(6)1-2-4(7)8/h6-9,12H,3-5,10-11H2,1-2H3,(H,16,18);1-2H,(H,5,6)(H,7,8)/b7-6+;2-1+. The first-order valence-corrected chi connectivity index (χ1v) is 8.86. The summed E-state index contributed by atoms with van der Waals surface area (Å²) in [6, 6.07) is 3.90. The number of hydrogen-bond acceptors (Lipinski definition) is 6. The lowest BCUT2D eigenvalue weighted by atomic mass is 10.2. The fourth-order valence-electron chi connectivity index (χ4n) is 2.05. The van der Waals surface area contributed by atoms with Crippen LogP contribution in [0.4, 0.5) is 5.82 Å². The molecule has 0 aromatic carbocycles. The van der Waals surface area contributed by atoms with Gasteiger partial charge in [-0.2, -0.15) is 0 Å². The number of aromatic nitrogens is 3. The number of allylic oxidation sites excluding steroid dienone is 1. The molecule has 2 aromatic heterocycles. The zero-order valence-corrected chi connectivity index (χ0v) is 16.0. The Balaban J connectivity index is 0.000000416. The van der Waals surface area contributed by atoms with E-state index in [1.54, 1.807) is 7.11 Å². The minimum absolute atomic E-state index is 0.558. The summed E-state index contributed by atoms with van der Waals surface area (Å²) in [4.78, 5) is 23.5. The minimum atomic E-state index is -1.26. The van der Waals surface area contributed by atoms with Crippen molar-refractivity contribution in [2.75, 3.05) is 25.6 Å². The number of ether oxygens (including phenoxy) is 1. The maximum Gasteiger partial charge on any atom is 0.328 e. The second-order valence-corrected chi connectivity index (χ2v) is 5.65. The average Bonchev–Trinajstić information content (AvgIpc) is 3.07. The number of rotatable bonds is 10. The van der Waals surface area contributed by atoms with Gasteiger partial charge in [0, 0.05) is 25.8 Å². The molecule has 0 amide bonds. The van der Waals surface area contributed by atoms with Gasteiger partial charge >= 0.3 is 11.9 Å². The molecule has 0 fully saturated rings. The lowest BCUT2D eigenvalue weighted by Crippen LogP contribution is -2.10. The van der Waals surface area contributed by atoms with Crippen molar-refractivity contribution >= 4 is 29.5 Å². The zero-order chi connectivity index (χ0) is 20.8. The third kappa shape index (κ3) is 8.95. The average molecular weight is 390 g/mol. The van der Waals surface area contributed by atoms with Crippen molar-refractivity contribution in [3.63, 3.8) is 0 Å². The van der Waals surface area contributed by atoms with Crippen molar-refractivity contribution < 1.29 is 24.5 Å². The molecule has 0 spiro atoms. The third-order valence-corrected chi connectivity index (χ3v) is 3.38. The topological polar surface area (TPSA) is 126 Å². The Morgan fingerprint density at radius 1 is 1.25 bits per heavy atom. The first kappa shape index (κ1) is 22.8. The van der Waals surface area contributed by atoms with Crippen LogP contribution in [0.1, 0.15) is 31.9 Å². The van der Waals surface area contributed by atoms with Crippen molar-refractivity contribution in [2.45, 2.75) is 26.2 Å². The Bertz CT molecular complexity index is 798. The normalized spacial score (nSPS) is 10.9. The SMILES string of the molecule is CCCC/C=C/c1cnc2ccc(NCCOC)nn12.O=C(O)/C=C/C(=O)O. The predicted octanol–water partition coefficient (Wildman–Crippen LogP) is 2.70. The summed E-state index contributed by atoms with van der Waals surface area (Å²) < 4.78 is 6.87. The van der Waals surface area contributed by atoms with Gasteiger partial charge in [0.2, 0.25) is 0 Å². The molecule has 0 aliphatic heterocycles. The van der Waals surface area contributed by atoms with Gasteiger partial charge in [0.05, 0.1) is 18.5 Å². The molecule has 0 radical (unpaired) electrons. The van der Waals surface area contributed by atoms with Gasteiger partial charge in [0.15, 0.2) is 5.65 Å². The van der Waals surface area contributed by atoms with E-state index in [4.69, 9.17) is 14.9 Å². The van der Waals surface area contributed by atoms with Crippen molar-refractivity contribution in [3.8, 4) is 0 Å². The highest BCUT2D eigenvalue weighted by Crippen LogP contribution is 2.11. The van der Waals surface area contributed by atoms with Crippen LogP contribution in [0.15, 0.2) is 36.6 Å². The molecule has 9 heteroatoms. The largest absolute Gasteiger partial charge is 0.478 e. The smallest absolute Gasteiger partial charge is 0.328 e. The number of aliphatic carboxylic acids is 2. The number of carboxylic acid groups (broad SMARTS) is 2. The number of unbranched alkanes of at least 4 members (excludes halogenated alkanes) is 2. The van der Waals surface area contributed by atoms with Crippen molar-refractivity contribution in [1.82, 2.24) is 14.6 Å². The first-order chi connectivity index (χ1) is 13.5. The van der Waals surface area contributed by atoms with Gasteiger partial charge in [-0.3, -0.25) is 0 Å². The number of fused-ring (bicyclic) bond motifs is 1. The van der Waals surface area contributed by atoms with E-state index in [0.29, 0.717) is 18.8 Å². The van der Waals surface area contributed by atoms with Gasteiger partial charge in [-0.05, 0) is 24.6 Å². The van der Waals surface area contributed by atoms with E-state index >= 15 is 0 Å². The Hall–Kier alpha value is -3.20. The molecule has 0 unspecified atom stereocenters. The molecule has 0 atom stereocenters. The van der Waals surface area contributed by atoms with Gasteiger partial charge in [-0.15, -0.1) is 5.10 Å². The number of nitrogens with one attached hydrogen (secondary N) is 1. The van der Waals surface area contributed by atoms with Crippen LogP contribution < -0.4 is 5.32 Å². The zero-order valence-electron chi connectivity index (χ0n) is 16.0. The Kier molecular flexibility index (Phi) is 10.6. The molecule has 0 aliphatic rings. The van der Waals surface area contributed by atoms with E-state index < -0.39 is 11.9 Å². The van der Waals surface area contributed by atoms with Crippen LogP contribution in [0.25, 0.3) is 11.7 Å². The van der Waals surface area contributed by atoms with E-state index in [-0.39, 0.29) is 0 Å². The number of carbonyl (C=O) groups is 2. The highest BCUT2D eigenvalue weighted by atomic mass is 16.5. The lowest BCUT2D eigenvalue weighted by Gasteiger charge is -2.05. The van der Waals surface area contributed by atoms with E-state index in [1.807, 2.05) is 22.8 Å². The number of nitrogens with zero attached hydrogens (tertiary/aromatic N) is 3. The maximum atomic E-state index is 9.55. The Morgan fingerprint density at radius 2 is 1.96 bits per heavy atom. The monoisotopic (exact) mass is 390 g/mol. The second kappa shape index (κ2) is 13.0. The van der Waals surface area contributed by atoms with E-state index in [2.05, 4.69) is 34.5 Å². The van der Waals surface area contributed by atoms with E-state index in [0.717, 1.165) is 30.1 Å². The Morgan fingerprint density at radius 3 is 2.57 bits per heavy atom. The molecule has 9 nitrogen and oxygen atoms in total. The fourth-order valence-corrected chi connectivity index (χ4v) is 2.05. The molecule has 2 heterocycles. The molecular formula is C19H26N4O5. The fraction of sp³-hybridized carbons (Fsp3) is 0.368. The van der Waals surface area contributed by atoms with Crippen LogP contribution >= 0.6 is 0 Å². The summed E-state index contributed by atoms with van der Waals surface area (Å²) in [5, 5.41) is 23.4. The van der Waals surface area contributed by atoms with E-state index in [9.17, 15) is 9.59 Å². The van der Waals surface area contributed by atoms with Crippen LogP contribution in [0.2, 0.25) is 0 Å². The number of anilines is 1. The van der Waals surface area contributed by atoms with Gasteiger partial charge in [0.25, 0.3) is 0 Å². The Labute approximate surface area is 163 Å². The minimum Gasteiger partial charge on any atom is -0.478 e. The van der Waals surface area contributed by atoms with E-state index in [1.165, 1.54) is 12.8 Å². The summed E-state index contributed by atoms with van der Waals surface area (Å²) in [5.74, 6) is -1.68. The van der Waals surface area contributed by atoms with Gasteiger partial charge in [0.1, 0.15) is 5.82 Å². The van der Waals surface area contributed by atoms with Crippen molar-refractivity contribution in [1.29, 1.82) is 0 Å². The van der Waals surface area contributed by atoms with Crippen molar-refractivity contribution in [2.24, 2.45) is 0 Å². The lowest BCUT2D eigenvalue weighted by molar-refractivity contribution is -0.134. The molecule has 0 aliphatic carbocycles. The molecule has 0 bridgehead atoms. The molecule has 2 rings (SSSR count). The van der Waals surface area contributed by atoms with Crippen LogP contribution in [0, 0.1) is 0 Å². The highest BCUT2D eigenvalue weighted by Gasteiger charge is 2.02. The molecule has 28 heavy (non-hydrogen) atoms. The maximum absolute atomic E-state index is 9.55. The predicted molar refractivity (Wildman–Crippen MR) is 106 cm³/mol. The molecule has 152 valence electrons. The molecule has 2 aromatic rings. The highest BCUT2D eigenvalue weighted by molar-refractivity contribution is 5.89. The number of hydrogen-bond donors (Lipinski definition) is 3. The molecular weight excluding hydrogens is 364 g/mol. The van der Waals surface area contributed by atoms with Crippen LogP contribution in [-0.4, -0.2) is 57.0 Å². The third-order valence-electron chi connectivity index (χ3n) is 3.38. The van der Waals surface area contributed by atoms with Gasteiger partial charge < -0.3 is 20.3 Å². The van der Waals surface area contributed by atoms with Crippen LogP contribution in [-0.2, 0) is 14.3 Å². The molecule has 0 saturated carbocycles. The summed E-state index contributed by atoms with van der Waals surface area (Å²) >= 11 is 0. The summed E-state index contributed by atoms with van der Waals surface area (Å²) in [6.07, 6.45) is 10.7. The first-order valence-electron chi connectivity index (χ1n) is 8.86. The van der Waals surface area contributed by atoms with Crippen LogP contribution in [0.5, 0.6) is 0 Å². The summed E-state index contributed by atoms with van der Waals surface area (Å²) in [5.41, 5.74) is 1.86. The number of carboxylic acids is 2. The molecule has 0 saturated heterocycles.